The third-order valence-electron chi connectivity index (χ3n) is 3.86. The van der Waals surface area contributed by atoms with Gasteiger partial charge >= 0.3 is 0 Å². The summed E-state index contributed by atoms with van der Waals surface area (Å²) >= 11 is 0. The van der Waals surface area contributed by atoms with Gasteiger partial charge in [0.25, 0.3) is 5.91 Å². The van der Waals surface area contributed by atoms with E-state index in [1.54, 1.807) is 4.68 Å². The van der Waals surface area contributed by atoms with Crippen LogP contribution in [0.25, 0.3) is 5.69 Å². The number of aromatic nitrogens is 3. The molecule has 2 aromatic carbocycles. The summed E-state index contributed by atoms with van der Waals surface area (Å²) < 4.78 is 1.75. The number of anilines is 1. The number of amides is 1. The normalized spacial score (nSPS) is 10.6. The monoisotopic (exact) mass is 320 g/mol. The molecule has 5 nitrogen and oxygen atoms in total. The lowest BCUT2D eigenvalue weighted by molar-refractivity contribution is 0.102. The van der Waals surface area contributed by atoms with Crippen LogP contribution in [0, 0.1) is 6.92 Å². The number of hydrogen-bond acceptors (Lipinski definition) is 3. The van der Waals surface area contributed by atoms with Gasteiger partial charge in [0.2, 0.25) is 0 Å². The third-order valence-corrected chi connectivity index (χ3v) is 3.86. The Hall–Kier alpha value is -2.95. The summed E-state index contributed by atoms with van der Waals surface area (Å²) in [5.41, 5.74) is 3.92. The van der Waals surface area contributed by atoms with Gasteiger partial charge in [-0.3, -0.25) is 4.79 Å². The van der Waals surface area contributed by atoms with Gasteiger partial charge in [0.15, 0.2) is 5.69 Å². The first-order chi connectivity index (χ1) is 11.7. The fraction of sp³-hybridized carbons (Fsp3) is 0.211. The lowest BCUT2D eigenvalue weighted by Gasteiger charge is -2.09. The van der Waals surface area contributed by atoms with Gasteiger partial charge in [0.1, 0.15) is 0 Å². The van der Waals surface area contributed by atoms with Crippen LogP contribution in [0.3, 0.4) is 0 Å². The van der Waals surface area contributed by atoms with Crippen molar-refractivity contribution in [1.29, 1.82) is 0 Å². The summed E-state index contributed by atoms with van der Waals surface area (Å²) in [6.45, 7) is 4.04. The zero-order chi connectivity index (χ0) is 16.9. The Balaban J connectivity index is 1.94. The van der Waals surface area contributed by atoms with Crippen LogP contribution in [0.2, 0.25) is 0 Å². The van der Waals surface area contributed by atoms with Crippen LogP contribution < -0.4 is 5.32 Å². The van der Waals surface area contributed by atoms with Crippen LogP contribution in [0.4, 0.5) is 5.69 Å². The molecular weight excluding hydrogens is 300 g/mol. The van der Waals surface area contributed by atoms with E-state index >= 15 is 0 Å². The molecule has 0 bridgehead atoms. The van der Waals surface area contributed by atoms with Crippen molar-refractivity contribution < 1.29 is 4.79 Å². The Kier molecular flexibility index (Phi) is 4.70. The van der Waals surface area contributed by atoms with Gasteiger partial charge in [-0.05, 0) is 37.1 Å². The van der Waals surface area contributed by atoms with Crippen LogP contribution in [-0.4, -0.2) is 20.9 Å². The minimum Gasteiger partial charge on any atom is -0.320 e. The molecule has 0 saturated heterocycles. The molecular formula is C19H20N4O. The molecule has 0 fully saturated rings. The standard InChI is InChI=1S/C19H20N4O/c1-3-9-17-18(19(24)20-16-13-8-7-10-14(16)2)21-22-23(17)15-11-5-4-6-12-15/h4-8,10-13H,3,9H2,1-2H3,(H,20,24). The van der Waals surface area contributed by atoms with E-state index in [1.165, 1.54) is 0 Å². The highest BCUT2D eigenvalue weighted by Crippen LogP contribution is 2.18. The third kappa shape index (κ3) is 3.20. The molecule has 1 N–H and O–H groups in total. The van der Waals surface area contributed by atoms with Gasteiger partial charge in [0, 0.05) is 5.69 Å². The van der Waals surface area contributed by atoms with E-state index in [4.69, 9.17) is 0 Å². The molecule has 0 saturated carbocycles. The zero-order valence-electron chi connectivity index (χ0n) is 13.9. The van der Waals surface area contributed by atoms with Gasteiger partial charge in [-0.1, -0.05) is 55.0 Å². The molecule has 0 atom stereocenters. The molecule has 1 aromatic heterocycles. The average molecular weight is 320 g/mol. The Morgan fingerprint density at radius 1 is 1.08 bits per heavy atom. The topological polar surface area (TPSA) is 59.8 Å². The van der Waals surface area contributed by atoms with Crippen LogP contribution >= 0.6 is 0 Å². The first-order valence-corrected chi connectivity index (χ1v) is 8.07. The van der Waals surface area contributed by atoms with Crippen LogP contribution in [-0.2, 0) is 6.42 Å². The number of rotatable bonds is 5. The lowest BCUT2D eigenvalue weighted by atomic mass is 10.1. The van der Waals surface area contributed by atoms with Crippen molar-refractivity contribution in [2.45, 2.75) is 26.7 Å². The second-order valence-electron chi connectivity index (χ2n) is 5.65. The summed E-state index contributed by atoms with van der Waals surface area (Å²) in [6.07, 6.45) is 1.64. The highest BCUT2D eigenvalue weighted by Gasteiger charge is 2.20. The summed E-state index contributed by atoms with van der Waals surface area (Å²) in [5, 5.41) is 11.3. The average Bonchev–Trinajstić information content (AvgIpc) is 3.02. The van der Waals surface area contributed by atoms with Crippen molar-refractivity contribution in [2.75, 3.05) is 5.32 Å². The number of carbonyl (C=O) groups is 1. The second kappa shape index (κ2) is 7.08. The predicted octanol–water partition coefficient (Wildman–Crippen LogP) is 3.78. The number of nitrogens with one attached hydrogen (secondary N) is 1. The van der Waals surface area contributed by atoms with Crippen molar-refractivity contribution in [3.8, 4) is 5.69 Å². The summed E-state index contributed by atoms with van der Waals surface area (Å²) in [7, 11) is 0. The van der Waals surface area contributed by atoms with E-state index < -0.39 is 0 Å². The summed E-state index contributed by atoms with van der Waals surface area (Å²) in [6, 6.07) is 17.4. The van der Waals surface area contributed by atoms with E-state index in [1.807, 2.05) is 61.5 Å². The highest BCUT2D eigenvalue weighted by molar-refractivity contribution is 6.04. The van der Waals surface area contributed by atoms with Crippen molar-refractivity contribution in [2.24, 2.45) is 0 Å². The minimum atomic E-state index is -0.227. The summed E-state index contributed by atoms with van der Waals surface area (Å²) in [4.78, 5) is 12.7. The van der Waals surface area contributed by atoms with Crippen molar-refractivity contribution in [3.63, 3.8) is 0 Å². The maximum absolute atomic E-state index is 12.7. The van der Waals surface area contributed by atoms with Crippen molar-refractivity contribution in [1.82, 2.24) is 15.0 Å². The molecule has 3 rings (SSSR count). The van der Waals surface area contributed by atoms with E-state index in [0.717, 1.165) is 35.5 Å². The Bertz CT molecular complexity index is 840. The van der Waals surface area contributed by atoms with E-state index in [9.17, 15) is 4.79 Å². The van der Waals surface area contributed by atoms with Gasteiger partial charge in [-0.15, -0.1) is 5.10 Å². The number of benzene rings is 2. The molecule has 0 aliphatic carbocycles. The smallest absolute Gasteiger partial charge is 0.278 e. The summed E-state index contributed by atoms with van der Waals surface area (Å²) in [5.74, 6) is -0.227. The van der Waals surface area contributed by atoms with Gasteiger partial charge in [0.05, 0.1) is 11.4 Å². The number of aryl methyl sites for hydroxylation is 1. The maximum atomic E-state index is 12.7. The maximum Gasteiger partial charge on any atom is 0.278 e. The molecule has 1 heterocycles. The minimum absolute atomic E-state index is 0.227. The second-order valence-corrected chi connectivity index (χ2v) is 5.65. The van der Waals surface area contributed by atoms with E-state index in [2.05, 4.69) is 22.6 Å². The van der Waals surface area contributed by atoms with Gasteiger partial charge in [-0.2, -0.15) is 0 Å². The Labute approximate surface area is 141 Å². The Morgan fingerprint density at radius 3 is 2.50 bits per heavy atom. The number of carbonyl (C=O) groups excluding carboxylic acids is 1. The molecule has 24 heavy (non-hydrogen) atoms. The van der Waals surface area contributed by atoms with E-state index in [-0.39, 0.29) is 5.91 Å². The van der Waals surface area contributed by atoms with Gasteiger partial charge < -0.3 is 5.32 Å². The number of hydrogen-bond donors (Lipinski definition) is 1. The fourth-order valence-electron chi connectivity index (χ4n) is 2.61. The van der Waals surface area contributed by atoms with E-state index in [0.29, 0.717) is 5.69 Å². The molecule has 0 unspecified atom stereocenters. The number of nitrogens with zero attached hydrogens (tertiary/aromatic N) is 3. The first-order valence-electron chi connectivity index (χ1n) is 8.07. The first kappa shape index (κ1) is 15.9. The molecule has 3 aromatic rings. The van der Waals surface area contributed by atoms with Crippen molar-refractivity contribution >= 4 is 11.6 Å². The SMILES string of the molecule is CCCc1c(C(=O)Nc2ccccc2C)nnn1-c1ccccc1. The molecule has 5 heteroatoms. The molecule has 1 amide bonds. The molecule has 0 aliphatic rings. The van der Waals surface area contributed by atoms with Crippen LogP contribution in [0.1, 0.15) is 35.1 Å². The predicted molar refractivity (Wildman–Crippen MR) is 94.5 cm³/mol. The largest absolute Gasteiger partial charge is 0.320 e. The highest BCUT2D eigenvalue weighted by atomic mass is 16.2. The van der Waals surface area contributed by atoms with Crippen LogP contribution in [0.5, 0.6) is 0 Å². The van der Waals surface area contributed by atoms with Crippen molar-refractivity contribution in [3.05, 3.63) is 71.5 Å². The lowest BCUT2D eigenvalue weighted by Crippen LogP contribution is -2.16. The molecule has 0 spiro atoms. The Morgan fingerprint density at radius 2 is 1.79 bits per heavy atom. The quantitative estimate of drug-likeness (QED) is 0.778. The molecule has 0 radical (unpaired) electrons. The number of para-hydroxylation sites is 2. The fourth-order valence-corrected chi connectivity index (χ4v) is 2.61. The van der Waals surface area contributed by atoms with Crippen LogP contribution in [0.15, 0.2) is 54.6 Å². The molecule has 0 aliphatic heterocycles. The van der Waals surface area contributed by atoms with Gasteiger partial charge in [-0.25, -0.2) is 4.68 Å². The zero-order valence-corrected chi connectivity index (χ0v) is 13.9. The molecule has 122 valence electrons.